The number of ether oxygens (including phenoxy) is 1. The molecule has 2 aromatic rings. The maximum atomic E-state index is 13.3. The summed E-state index contributed by atoms with van der Waals surface area (Å²) in [6.07, 6.45) is -0.304. The predicted molar refractivity (Wildman–Crippen MR) is 75.0 cm³/mol. The van der Waals surface area contributed by atoms with Gasteiger partial charge in [-0.3, -0.25) is 0 Å². The van der Waals surface area contributed by atoms with E-state index in [0.29, 0.717) is 12.3 Å². The van der Waals surface area contributed by atoms with Crippen molar-refractivity contribution in [3.05, 3.63) is 64.4 Å². The summed E-state index contributed by atoms with van der Waals surface area (Å²) in [6.45, 7) is 2.32. The summed E-state index contributed by atoms with van der Waals surface area (Å²) in [5, 5.41) is 0.0759. The number of nitrogens with two attached hydrogens (primary N) is 1. The Kier molecular flexibility index (Phi) is 4.40. The standard InChI is InChI=1S/C15H15ClFNO/c1-10-2-4-11(5-3-10)15(9-18)19-12-6-7-13(16)14(17)8-12/h2-8,15H,9,18H2,1H3. The summed E-state index contributed by atoms with van der Waals surface area (Å²) in [7, 11) is 0. The average molecular weight is 280 g/mol. The second kappa shape index (κ2) is 6.04. The van der Waals surface area contributed by atoms with Gasteiger partial charge in [0.1, 0.15) is 17.7 Å². The first-order valence-electron chi connectivity index (χ1n) is 5.98. The highest BCUT2D eigenvalue weighted by Gasteiger charge is 2.12. The van der Waals surface area contributed by atoms with Crippen molar-refractivity contribution in [3.8, 4) is 5.75 Å². The van der Waals surface area contributed by atoms with E-state index in [0.717, 1.165) is 11.1 Å². The third-order valence-corrected chi connectivity index (χ3v) is 3.14. The summed E-state index contributed by atoms with van der Waals surface area (Å²) in [5.74, 6) is -0.0863. The summed E-state index contributed by atoms with van der Waals surface area (Å²) >= 11 is 5.63. The number of halogens is 2. The summed E-state index contributed by atoms with van der Waals surface area (Å²) < 4.78 is 19.0. The monoisotopic (exact) mass is 279 g/mol. The maximum Gasteiger partial charge on any atom is 0.145 e. The van der Waals surface area contributed by atoms with Crippen LogP contribution in [0.25, 0.3) is 0 Å². The van der Waals surface area contributed by atoms with Gasteiger partial charge in [-0.05, 0) is 24.6 Å². The Labute approximate surface area is 117 Å². The minimum atomic E-state index is -0.501. The van der Waals surface area contributed by atoms with Crippen LogP contribution in [0.2, 0.25) is 5.02 Å². The van der Waals surface area contributed by atoms with Gasteiger partial charge in [0.25, 0.3) is 0 Å². The molecule has 100 valence electrons. The average Bonchev–Trinajstić information content (AvgIpc) is 2.41. The van der Waals surface area contributed by atoms with Crippen LogP contribution in [-0.2, 0) is 0 Å². The lowest BCUT2D eigenvalue weighted by Crippen LogP contribution is -2.18. The Bertz CT molecular complexity index is 557. The quantitative estimate of drug-likeness (QED) is 0.922. The van der Waals surface area contributed by atoms with Crippen LogP contribution < -0.4 is 10.5 Å². The van der Waals surface area contributed by atoms with Crippen LogP contribution in [0.5, 0.6) is 5.75 Å². The molecule has 1 unspecified atom stereocenters. The van der Waals surface area contributed by atoms with Gasteiger partial charge in [0.2, 0.25) is 0 Å². The van der Waals surface area contributed by atoms with Gasteiger partial charge in [-0.1, -0.05) is 41.4 Å². The van der Waals surface area contributed by atoms with E-state index < -0.39 is 5.82 Å². The van der Waals surface area contributed by atoms with Gasteiger partial charge < -0.3 is 10.5 Å². The normalized spacial score (nSPS) is 12.2. The Morgan fingerprint density at radius 3 is 2.47 bits per heavy atom. The molecule has 2 aromatic carbocycles. The van der Waals surface area contributed by atoms with Crippen molar-refractivity contribution in [2.75, 3.05) is 6.54 Å². The van der Waals surface area contributed by atoms with Gasteiger partial charge in [-0.15, -0.1) is 0 Å². The molecule has 19 heavy (non-hydrogen) atoms. The molecule has 0 spiro atoms. The first kappa shape index (κ1) is 13.8. The third kappa shape index (κ3) is 3.46. The van der Waals surface area contributed by atoms with Crippen molar-refractivity contribution in [3.63, 3.8) is 0 Å². The lowest BCUT2D eigenvalue weighted by Gasteiger charge is -2.18. The van der Waals surface area contributed by atoms with E-state index in [-0.39, 0.29) is 11.1 Å². The van der Waals surface area contributed by atoms with Gasteiger partial charge in [0.05, 0.1) is 5.02 Å². The van der Waals surface area contributed by atoms with E-state index in [1.807, 2.05) is 31.2 Å². The molecule has 0 bridgehead atoms. The zero-order valence-electron chi connectivity index (χ0n) is 10.6. The topological polar surface area (TPSA) is 35.2 Å². The van der Waals surface area contributed by atoms with Crippen molar-refractivity contribution in [2.24, 2.45) is 5.73 Å². The second-order valence-electron chi connectivity index (χ2n) is 4.33. The van der Waals surface area contributed by atoms with Crippen molar-refractivity contribution < 1.29 is 9.13 Å². The summed E-state index contributed by atoms with van der Waals surface area (Å²) in [6, 6.07) is 12.3. The number of aryl methyl sites for hydroxylation is 1. The molecule has 0 heterocycles. The molecule has 0 saturated heterocycles. The van der Waals surface area contributed by atoms with Crippen LogP contribution >= 0.6 is 11.6 Å². The van der Waals surface area contributed by atoms with Crippen LogP contribution in [0, 0.1) is 12.7 Å². The Morgan fingerprint density at radius 1 is 1.21 bits per heavy atom. The molecule has 0 aliphatic carbocycles. The SMILES string of the molecule is Cc1ccc(C(CN)Oc2ccc(Cl)c(F)c2)cc1. The molecule has 4 heteroatoms. The zero-order valence-corrected chi connectivity index (χ0v) is 11.3. The van der Waals surface area contributed by atoms with Crippen LogP contribution in [0.15, 0.2) is 42.5 Å². The first-order valence-corrected chi connectivity index (χ1v) is 6.36. The molecule has 0 radical (unpaired) electrons. The van der Waals surface area contributed by atoms with Crippen molar-refractivity contribution in [2.45, 2.75) is 13.0 Å². The Hall–Kier alpha value is -1.58. The maximum absolute atomic E-state index is 13.3. The third-order valence-electron chi connectivity index (χ3n) is 2.83. The van der Waals surface area contributed by atoms with Crippen molar-refractivity contribution in [1.29, 1.82) is 0 Å². The molecule has 2 rings (SSSR count). The smallest absolute Gasteiger partial charge is 0.145 e. The largest absolute Gasteiger partial charge is 0.484 e. The van der Waals surface area contributed by atoms with E-state index in [1.165, 1.54) is 12.1 Å². The molecule has 1 atom stereocenters. The molecule has 0 aliphatic rings. The van der Waals surface area contributed by atoms with Crippen LogP contribution in [0.3, 0.4) is 0 Å². The molecular weight excluding hydrogens is 265 g/mol. The molecule has 0 fully saturated rings. The summed E-state index contributed by atoms with van der Waals surface area (Å²) in [5.41, 5.74) is 7.84. The number of hydrogen-bond donors (Lipinski definition) is 1. The minimum Gasteiger partial charge on any atom is -0.484 e. The number of hydrogen-bond acceptors (Lipinski definition) is 2. The van der Waals surface area contributed by atoms with Crippen molar-refractivity contribution in [1.82, 2.24) is 0 Å². The summed E-state index contributed by atoms with van der Waals surface area (Å²) in [4.78, 5) is 0. The second-order valence-corrected chi connectivity index (χ2v) is 4.74. The van der Waals surface area contributed by atoms with Crippen LogP contribution in [-0.4, -0.2) is 6.54 Å². The Morgan fingerprint density at radius 2 is 1.89 bits per heavy atom. The molecule has 0 saturated carbocycles. The highest BCUT2D eigenvalue weighted by atomic mass is 35.5. The van der Waals surface area contributed by atoms with Gasteiger partial charge in [0, 0.05) is 12.6 Å². The minimum absolute atomic E-state index is 0.0759. The van der Waals surface area contributed by atoms with Crippen molar-refractivity contribution >= 4 is 11.6 Å². The van der Waals surface area contributed by atoms with Gasteiger partial charge in [0.15, 0.2) is 0 Å². The van der Waals surface area contributed by atoms with Gasteiger partial charge in [-0.2, -0.15) is 0 Å². The molecular formula is C15H15ClFNO. The Balaban J connectivity index is 2.18. The lowest BCUT2D eigenvalue weighted by atomic mass is 10.1. The van der Waals surface area contributed by atoms with E-state index in [1.54, 1.807) is 6.07 Å². The van der Waals surface area contributed by atoms with Gasteiger partial charge in [-0.25, -0.2) is 4.39 Å². The zero-order chi connectivity index (χ0) is 13.8. The fourth-order valence-electron chi connectivity index (χ4n) is 1.75. The predicted octanol–water partition coefficient (Wildman–Crippen LogP) is 3.87. The molecule has 0 aromatic heterocycles. The van der Waals surface area contributed by atoms with E-state index in [4.69, 9.17) is 22.1 Å². The first-order chi connectivity index (χ1) is 9.10. The van der Waals surface area contributed by atoms with Gasteiger partial charge >= 0.3 is 0 Å². The highest BCUT2D eigenvalue weighted by molar-refractivity contribution is 6.30. The fourth-order valence-corrected chi connectivity index (χ4v) is 1.87. The molecule has 0 amide bonds. The molecule has 2 nitrogen and oxygen atoms in total. The lowest BCUT2D eigenvalue weighted by molar-refractivity contribution is 0.213. The number of benzene rings is 2. The number of rotatable bonds is 4. The highest BCUT2D eigenvalue weighted by Crippen LogP contribution is 2.25. The van der Waals surface area contributed by atoms with E-state index >= 15 is 0 Å². The van der Waals surface area contributed by atoms with Crippen LogP contribution in [0.1, 0.15) is 17.2 Å². The molecule has 2 N–H and O–H groups in total. The van der Waals surface area contributed by atoms with E-state index in [9.17, 15) is 4.39 Å². The molecule has 0 aliphatic heterocycles. The van der Waals surface area contributed by atoms with E-state index in [2.05, 4.69) is 0 Å². The van der Waals surface area contributed by atoms with Crippen LogP contribution in [0.4, 0.5) is 4.39 Å². The fraction of sp³-hybridized carbons (Fsp3) is 0.200.